The molecule has 134 valence electrons. The molecule has 1 N–H and O–H groups in total. The lowest BCUT2D eigenvalue weighted by Gasteiger charge is -2.32. The Kier molecular flexibility index (Phi) is 5.58. The molecular formula is C18H23ClN4O2. The van der Waals surface area contributed by atoms with Crippen LogP contribution in [0.2, 0.25) is 5.02 Å². The van der Waals surface area contributed by atoms with Gasteiger partial charge in [-0.25, -0.2) is 4.79 Å². The highest BCUT2D eigenvalue weighted by Crippen LogP contribution is 2.26. The molecule has 2 heterocycles. The van der Waals surface area contributed by atoms with Crippen molar-refractivity contribution in [1.82, 2.24) is 20.4 Å². The van der Waals surface area contributed by atoms with Crippen LogP contribution in [0.5, 0.6) is 0 Å². The lowest BCUT2D eigenvalue weighted by Crippen LogP contribution is -2.46. The van der Waals surface area contributed by atoms with Crippen molar-refractivity contribution in [3.63, 3.8) is 0 Å². The molecule has 0 bridgehead atoms. The summed E-state index contributed by atoms with van der Waals surface area (Å²) in [4.78, 5) is 18.9. The minimum Gasteiger partial charge on any atom is -0.339 e. The highest BCUT2D eigenvalue weighted by atomic mass is 35.5. The van der Waals surface area contributed by atoms with E-state index >= 15 is 0 Å². The number of benzene rings is 1. The zero-order chi connectivity index (χ0) is 17.8. The standard InChI is InChI=1S/C18H23ClN4O2/c1-3-16(13-6-4-8-15(19)10-13)21-18(24)23-9-5-7-14(11-23)17-20-12(2)22-25-17/h4,6,8,10,14,16H,3,5,7,9,11H2,1-2H3,(H,21,24)/t14-,16+/m0/s1. The van der Waals surface area contributed by atoms with Crippen molar-refractivity contribution in [2.45, 2.75) is 45.1 Å². The SMILES string of the molecule is CC[C@@H](NC(=O)N1CCC[C@H](c2nc(C)no2)C1)c1cccc(Cl)c1. The molecule has 1 fully saturated rings. The molecule has 0 unspecified atom stereocenters. The van der Waals surface area contributed by atoms with E-state index in [9.17, 15) is 4.79 Å². The zero-order valence-corrected chi connectivity index (χ0v) is 15.3. The van der Waals surface area contributed by atoms with E-state index in [0.29, 0.717) is 23.3 Å². The van der Waals surface area contributed by atoms with Crippen LogP contribution < -0.4 is 5.32 Å². The van der Waals surface area contributed by atoms with E-state index in [4.69, 9.17) is 16.1 Å². The molecule has 1 aromatic heterocycles. The third-order valence-electron chi connectivity index (χ3n) is 4.56. The first kappa shape index (κ1) is 17.7. The van der Waals surface area contributed by atoms with E-state index in [1.807, 2.05) is 36.1 Å². The predicted molar refractivity (Wildman–Crippen MR) is 95.6 cm³/mol. The van der Waals surface area contributed by atoms with Crippen molar-refractivity contribution in [2.75, 3.05) is 13.1 Å². The third kappa shape index (κ3) is 4.31. The number of carbonyl (C=O) groups is 1. The number of urea groups is 1. The zero-order valence-electron chi connectivity index (χ0n) is 14.5. The molecule has 1 saturated heterocycles. The smallest absolute Gasteiger partial charge is 0.317 e. The molecule has 25 heavy (non-hydrogen) atoms. The van der Waals surface area contributed by atoms with Crippen LogP contribution in [0.4, 0.5) is 4.79 Å². The lowest BCUT2D eigenvalue weighted by molar-refractivity contribution is 0.168. The molecule has 3 rings (SSSR count). The van der Waals surface area contributed by atoms with Crippen molar-refractivity contribution >= 4 is 17.6 Å². The summed E-state index contributed by atoms with van der Waals surface area (Å²) in [5.74, 6) is 1.35. The fourth-order valence-electron chi connectivity index (χ4n) is 3.23. The number of nitrogens with zero attached hydrogens (tertiary/aromatic N) is 3. The van der Waals surface area contributed by atoms with Crippen LogP contribution in [0.25, 0.3) is 0 Å². The largest absolute Gasteiger partial charge is 0.339 e. The maximum Gasteiger partial charge on any atom is 0.317 e. The summed E-state index contributed by atoms with van der Waals surface area (Å²) in [6.07, 6.45) is 2.68. The minimum atomic E-state index is -0.0623. The average molecular weight is 363 g/mol. The van der Waals surface area contributed by atoms with Crippen molar-refractivity contribution < 1.29 is 9.32 Å². The van der Waals surface area contributed by atoms with E-state index in [1.165, 1.54) is 0 Å². The quantitative estimate of drug-likeness (QED) is 0.889. The molecule has 2 amide bonds. The number of piperidine rings is 1. The van der Waals surface area contributed by atoms with Crippen molar-refractivity contribution in [3.05, 3.63) is 46.6 Å². The second-order valence-corrected chi connectivity index (χ2v) is 6.87. The minimum absolute atomic E-state index is 0.0581. The number of halogens is 1. The van der Waals surface area contributed by atoms with Gasteiger partial charge in [-0.05, 0) is 43.9 Å². The lowest BCUT2D eigenvalue weighted by atomic mass is 9.98. The predicted octanol–water partition coefficient (Wildman–Crippen LogP) is 4.07. The number of aryl methyl sites for hydroxylation is 1. The summed E-state index contributed by atoms with van der Waals surface area (Å²) < 4.78 is 5.28. The Balaban J connectivity index is 1.65. The summed E-state index contributed by atoms with van der Waals surface area (Å²) in [6, 6.07) is 7.50. The Bertz CT molecular complexity index is 733. The Labute approximate surface area is 152 Å². The van der Waals surface area contributed by atoms with Gasteiger partial charge >= 0.3 is 6.03 Å². The van der Waals surface area contributed by atoms with Crippen LogP contribution in [-0.4, -0.2) is 34.2 Å². The Morgan fingerprint density at radius 1 is 1.52 bits per heavy atom. The van der Waals surface area contributed by atoms with E-state index in [1.54, 1.807) is 6.92 Å². The fourth-order valence-corrected chi connectivity index (χ4v) is 3.43. The monoisotopic (exact) mass is 362 g/mol. The second-order valence-electron chi connectivity index (χ2n) is 6.43. The van der Waals surface area contributed by atoms with Crippen molar-refractivity contribution in [2.24, 2.45) is 0 Å². The molecule has 7 heteroatoms. The molecule has 1 aliphatic heterocycles. The number of hydrogen-bond donors (Lipinski definition) is 1. The molecule has 0 saturated carbocycles. The van der Waals surface area contributed by atoms with Gasteiger partial charge in [0, 0.05) is 18.1 Å². The first-order valence-electron chi connectivity index (χ1n) is 8.68. The van der Waals surface area contributed by atoms with Gasteiger partial charge < -0.3 is 14.7 Å². The van der Waals surface area contributed by atoms with Crippen LogP contribution >= 0.6 is 11.6 Å². The van der Waals surface area contributed by atoms with Crippen LogP contribution in [0, 0.1) is 6.92 Å². The maximum atomic E-state index is 12.7. The summed E-state index contributed by atoms with van der Waals surface area (Å²) in [5, 5.41) is 7.65. The van der Waals surface area contributed by atoms with Crippen LogP contribution in [0.15, 0.2) is 28.8 Å². The highest BCUT2D eigenvalue weighted by Gasteiger charge is 2.29. The molecule has 1 aliphatic rings. The molecule has 0 spiro atoms. The van der Waals surface area contributed by atoms with Gasteiger partial charge in [-0.15, -0.1) is 0 Å². The van der Waals surface area contributed by atoms with Gasteiger partial charge in [0.15, 0.2) is 5.82 Å². The Morgan fingerprint density at radius 3 is 3.04 bits per heavy atom. The summed E-state index contributed by atoms with van der Waals surface area (Å²) in [5.41, 5.74) is 1.02. The first-order chi connectivity index (χ1) is 12.1. The molecule has 0 aliphatic carbocycles. The summed E-state index contributed by atoms with van der Waals surface area (Å²) in [6.45, 7) is 5.18. The second kappa shape index (κ2) is 7.87. The van der Waals surface area contributed by atoms with E-state index in [0.717, 1.165) is 31.4 Å². The highest BCUT2D eigenvalue weighted by molar-refractivity contribution is 6.30. The topological polar surface area (TPSA) is 71.3 Å². The first-order valence-corrected chi connectivity index (χ1v) is 9.05. The number of hydrogen-bond acceptors (Lipinski definition) is 4. The van der Waals surface area contributed by atoms with E-state index < -0.39 is 0 Å². The summed E-state index contributed by atoms with van der Waals surface area (Å²) >= 11 is 6.07. The van der Waals surface area contributed by atoms with Gasteiger partial charge in [-0.3, -0.25) is 0 Å². The Morgan fingerprint density at radius 2 is 2.36 bits per heavy atom. The van der Waals surface area contributed by atoms with Gasteiger partial charge in [0.25, 0.3) is 0 Å². The molecule has 6 nitrogen and oxygen atoms in total. The summed E-state index contributed by atoms with van der Waals surface area (Å²) in [7, 11) is 0. The molecule has 1 aromatic carbocycles. The maximum absolute atomic E-state index is 12.7. The molecular weight excluding hydrogens is 340 g/mol. The fraction of sp³-hybridized carbons (Fsp3) is 0.500. The van der Waals surface area contributed by atoms with Gasteiger partial charge in [0.05, 0.1) is 12.0 Å². The number of nitrogens with one attached hydrogen (secondary N) is 1. The van der Waals surface area contributed by atoms with Gasteiger partial charge in [-0.2, -0.15) is 4.98 Å². The number of likely N-dealkylation sites (tertiary alicyclic amines) is 1. The number of rotatable bonds is 4. The average Bonchev–Trinajstić information content (AvgIpc) is 3.06. The van der Waals surface area contributed by atoms with Gasteiger partial charge in [0.2, 0.25) is 5.89 Å². The molecule has 2 atom stereocenters. The van der Waals surface area contributed by atoms with Crippen LogP contribution in [0.1, 0.15) is 55.4 Å². The van der Waals surface area contributed by atoms with Gasteiger partial charge in [0.1, 0.15) is 0 Å². The van der Waals surface area contributed by atoms with Crippen molar-refractivity contribution in [3.8, 4) is 0 Å². The number of carbonyl (C=O) groups excluding carboxylic acids is 1. The third-order valence-corrected chi connectivity index (χ3v) is 4.79. The Hall–Kier alpha value is -2.08. The van der Waals surface area contributed by atoms with Crippen LogP contribution in [0.3, 0.4) is 0 Å². The molecule has 0 radical (unpaired) electrons. The number of aromatic nitrogens is 2. The molecule has 2 aromatic rings. The number of amides is 2. The van der Waals surface area contributed by atoms with E-state index in [2.05, 4.69) is 15.5 Å². The van der Waals surface area contributed by atoms with E-state index in [-0.39, 0.29) is 18.0 Å². The van der Waals surface area contributed by atoms with Crippen LogP contribution in [-0.2, 0) is 0 Å². The van der Waals surface area contributed by atoms with Gasteiger partial charge in [-0.1, -0.05) is 35.8 Å². The van der Waals surface area contributed by atoms with Crippen molar-refractivity contribution in [1.29, 1.82) is 0 Å². The normalized spacial score (nSPS) is 18.8.